The Kier molecular flexibility index (Phi) is 4.34. The summed E-state index contributed by atoms with van der Waals surface area (Å²) >= 11 is 3.39. The molecule has 1 aromatic rings. The molecular formula is C12H11BrN2. The summed E-state index contributed by atoms with van der Waals surface area (Å²) in [5, 5.41) is 17.8. The van der Waals surface area contributed by atoms with Crippen LogP contribution in [0.2, 0.25) is 0 Å². The first kappa shape index (κ1) is 11.8. The van der Waals surface area contributed by atoms with E-state index in [2.05, 4.69) is 28.9 Å². The van der Waals surface area contributed by atoms with E-state index < -0.39 is 0 Å². The van der Waals surface area contributed by atoms with E-state index in [1.165, 1.54) is 0 Å². The number of unbranched alkanes of at least 4 members (excludes halogenated alkanes) is 1. The number of benzene rings is 1. The first-order valence-electron chi connectivity index (χ1n) is 4.86. The first-order chi connectivity index (χ1) is 7.24. The Morgan fingerprint density at radius 2 is 2.00 bits per heavy atom. The molecule has 0 amide bonds. The fourth-order valence-electron chi connectivity index (χ4n) is 1.38. The Hall–Kier alpha value is -1.32. The van der Waals surface area contributed by atoms with Gasteiger partial charge in [0, 0.05) is 4.47 Å². The highest BCUT2D eigenvalue weighted by atomic mass is 79.9. The Labute approximate surface area is 98.3 Å². The van der Waals surface area contributed by atoms with Gasteiger partial charge < -0.3 is 0 Å². The molecule has 76 valence electrons. The zero-order chi connectivity index (χ0) is 11.3. The minimum atomic E-state index is 0.435. The van der Waals surface area contributed by atoms with E-state index >= 15 is 0 Å². The van der Waals surface area contributed by atoms with Crippen molar-refractivity contribution in [3.63, 3.8) is 0 Å². The number of hydrogen-bond donors (Lipinski definition) is 0. The summed E-state index contributed by atoms with van der Waals surface area (Å²) in [4.78, 5) is 0. The first-order valence-corrected chi connectivity index (χ1v) is 5.65. The Morgan fingerprint density at radius 1 is 1.27 bits per heavy atom. The molecule has 0 radical (unpaired) electrons. The van der Waals surface area contributed by atoms with E-state index in [1.807, 2.05) is 12.1 Å². The number of nitriles is 2. The Balaban J connectivity index is 3.14. The number of halogens is 1. The van der Waals surface area contributed by atoms with Crippen LogP contribution in [-0.2, 0) is 6.42 Å². The van der Waals surface area contributed by atoms with Crippen molar-refractivity contribution in [2.24, 2.45) is 0 Å². The normalized spacial score (nSPS) is 9.33. The molecule has 0 aliphatic heterocycles. The minimum Gasteiger partial charge on any atom is -0.192 e. The molecule has 0 unspecified atom stereocenters. The quantitative estimate of drug-likeness (QED) is 0.837. The molecule has 0 spiro atoms. The monoisotopic (exact) mass is 262 g/mol. The molecule has 0 aliphatic rings. The van der Waals surface area contributed by atoms with Crippen LogP contribution in [0.5, 0.6) is 0 Å². The molecule has 0 heterocycles. The van der Waals surface area contributed by atoms with Gasteiger partial charge in [-0.1, -0.05) is 19.4 Å². The average molecular weight is 263 g/mol. The van der Waals surface area contributed by atoms with Crippen LogP contribution >= 0.6 is 15.9 Å². The van der Waals surface area contributed by atoms with E-state index in [0.717, 1.165) is 29.3 Å². The molecule has 0 saturated carbocycles. The van der Waals surface area contributed by atoms with Gasteiger partial charge in [-0.05, 0) is 40.4 Å². The third-order valence-corrected chi connectivity index (χ3v) is 3.16. The molecule has 1 aromatic carbocycles. The molecule has 2 nitrogen and oxygen atoms in total. The average Bonchev–Trinajstić information content (AvgIpc) is 2.27. The highest BCUT2D eigenvalue weighted by Crippen LogP contribution is 2.25. The van der Waals surface area contributed by atoms with Crippen molar-refractivity contribution < 1.29 is 0 Å². The summed E-state index contributed by atoms with van der Waals surface area (Å²) in [7, 11) is 0. The Bertz CT molecular complexity index is 438. The van der Waals surface area contributed by atoms with E-state index in [1.54, 1.807) is 6.07 Å². The lowest BCUT2D eigenvalue weighted by Crippen LogP contribution is -1.93. The van der Waals surface area contributed by atoms with Crippen molar-refractivity contribution in [1.82, 2.24) is 0 Å². The number of nitrogens with zero attached hydrogens (tertiary/aromatic N) is 2. The second-order valence-electron chi connectivity index (χ2n) is 3.29. The molecule has 0 aliphatic carbocycles. The van der Waals surface area contributed by atoms with E-state index in [4.69, 9.17) is 10.5 Å². The van der Waals surface area contributed by atoms with Crippen LogP contribution in [0.4, 0.5) is 0 Å². The van der Waals surface area contributed by atoms with Gasteiger partial charge in [-0.25, -0.2) is 0 Å². The van der Waals surface area contributed by atoms with Crippen molar-refractivity contribution in [2.75, 3.05) is 0 Å². The molecule has 0 aromatic heterocycles. The molecular weight excluding hydrogens is 252 g/mol. The van der Waals surface area contributed by atoms with Gasteiger partial charge in [0.1, 0.15) is 12.1 Å². The summed E-state index contributed by atoms with van der Waals surface area (Å²) in [5.41, 5.74) is 1.99. The zero-order valence-corrected chi connectivity index (χ0v) is 10.1. The van der Waals surface area contributed by atoms with Crippen molar-refractivity contribution in [3.05, 3.63) is 33.3 Å². The topological polar surface area (TPSA) is 47.6 Å². The smallest absolute Gasteiger partial charge is 0.102 e. The second kappa shape index (κ2) is 5.53. The molecule has 0 N–H and O–H groups in total. The lowest BCUT2D eigenvalue weighted by atomic mass is 10.0. The van der Waals surface area contributed by atoms with Gasteiger partial charge in [0.05, 0.1) is 11.1 Å². The standard InChI is InChI=1S/C12H11BrN2/c1-2-3-4-9-5-6-10(7-14)11(8-15)12(9)13/h5-6H,2-4H2,1H3. The molecule has 0 atom stereocenters. The molecule has 15 heavy (non-hydrogen) atoms. The maximum absolute atomic E-state index is 8.95. The summed E-state index contributed by atoms with van der Waals surface area (Å²) in [5.74, 6) is 0. The summed E-state index contributed by atoms with van der Waals surface area (Å²) in [6.45, 7) is 2.13. The minimum absolute atomic E-state index is 0.435. The van der Waals surface area contributed by atoms with Crippen molar-refractivity contribution in [1.29, 1.82) is 10.5 Å². The van der Waals surface area contributed by atoms with Crippen LogP contribution in [0.1, 0.15) is 36.5 Å². The number of aryl methyl sites for hydroxylation is 1. The summed E-state index contributed by atoms with van der Waals surface area (Å²) in [6, 6.07) is 7.71. The highest BCUT2D eigenvalue weighted by molar-refractivity contribution is 9.10. The molecule has 0 bridgehead atoms. The van der Waals surface area contributed by atoms with Gasteiger partial charge in [0.15, 0.2) is 0 Å². The summed E-state index contributed by atoms with van der Waals surface area (Å²) in [6.07, 6.45) is 3.15. The van der Waals surface area contributed by atoms with E-state index in [0.29, 0.717) is 11.1 Å². The largest absolute Gasteiger partial charge is 0.192 e. The predicted molar refractivity (Wildman–Crippen MR) is 62.2 cm³/mol. The second-order valence-corrected chi connectivity index (χ2v) is 4.08. The lowest BCUT2D eigenvalue weighted by molar-refractivity contribution is 0.792. The third-order valence-electron chi connectivity index (χ3n) is 2.25. The van der Waals surface area contributed by atoms with Crippen molar-refractivity contribution in [3.8, 4) is 12.1 Å². The van der Waals surface area contributed by atoms with Gasteiger partial charge in [0.25, 0.3) is 0 Å². The third kappa shape index (κ3) is 2.58. The van der Waals surface area contributed by atoms with E-state index in [-0.39, 0.29) is 0 Å². The van der Waals surface area contributed by atoms with Crippen molar-refractivity contribution in [2.45, 2.75) is 26.2 Å². The van der Waals surface area contributed by atoms with Crippen LogP contribution < -0.4 is 0 Å². The zero-order valence-electron chi connectivity index (χ0n) is 8.55. The van der Waals surface area contributed by atoms with Gasteiger partial charge in [0.2, 0.25) is 0 Å². The number of hydrogen-bond acceptors (Lipinski definition) is 2. The maximum atomic E-state index is 8.95. The number of rotatable bonds is 3. The van der Waals surface area contributed by atoms with Crippen LogP contribution in [0.25, 0.3) is 0 Å². The van der Waals surface area contributed by atoms with Gasteiger partial charge in [-0.15, -0.1) is 0 Å². The highest BCUT2D eigenvalue weighted by Gasteiger charge is 2.10. The van der Waals surface area contributed by atoms with Crippen LogP contribution in [0.15, 0.2) is 16.6 Å². The van der Waals surface area contributed by atoms with Gasteiger partial charge in [-0.3, -0.25) is 0 Å². The predicted octanol–water partition coefficient (Wildman–Crippen LogP) is 3.54. The maximum Gasteiger partial charge on any atom is 0.102 e. The van der Waals surface area contributed by atoms with Crippen molar-refractivity contribution >= 4 is 15.9 Å². The molecule has 3 heteroatoms. The van der Waals surface area contributed by atoms with E-state index in [9.17, 15) is 0 Å². The summed E-state index contributed by atoms with van der Waals surface area (Å²) < 4.78 is 0.775. The van der Waals surface area contributed by atoms with Gasteiger partial charge in [-0.2, -0.15) is 10.5 Å². The van der Waals surface area contributed by atoms with Crippen LogP contribution in [0, 0.1) is 22.7 Å². The van der Waals surface area contributed by atoms with Crippen LogP contribution in [0.3, 0.4) is 0 Å². The SMILES string of the molecule is CCCCc1ccc(C#N)c(C#N)c1Br. The lowest BCUT2D eigenvalue weighted by Gasteiger charge is -2.06. The van der Waals surface area contributed by atoms with Gasteiger partial charge >= 0.3 is 0 Å². The Morgan fingerprint density at radius 3 is 2.53 bits per heavy atom. The van der Waals surface area contributed by atoms with Crippen LogP contribution in [-0.4, -0.2) is 0 Å². The molecule has 0 fully saturated rings. The molecule has 0 saturated heterocycles. The molecule has 1 rings (SSSR count). The fraction of sp³-hybridized carbons (Fsp3) is 0.333. The fourth-order valence-corrected chi connectivity index (χ4v) is 2.01.